The van der Waals surface area contributed by atoms with E-state index in [1.807, 2.05) is 32.6 Å². The summed E-state index contributed by atoms with van der Waals surface area (Å²) in [4.78, 5) is 18.6. The number of rotatable bonds is 5. The highest BCUT2D eigenvalue weighted by molar-refractivity contribution is 6.33. The van der Waals surface area contributed by atoms with E-state index in [9.17, 15) is 4.79 Å². The molecule has 0 aliphatic carbocycles. The second-order valence-electron chi connectivity index (χ2n) is 7.98. The molecule has 3 heterocycles. The molecule has 2 N–H and O–H groups in total. The molecular formula is C23H26ClN5O. The number of hydrogen-bond donors (Lipinski definition) is 1. The van der Waals surface area contributed by atoms with Gasteiger partial charge in [0, 0.05) is 49.9 Å². The number of primary amides is 1. The molecule has 2 aromatic heterocycles. The van der Waals surface area contributed by atoms with Gasteiger partial charge in [0.1, 0.15) is 0 Å². The van der Waals surface area contributed by atoms with Gasteiger partial charge in [-0.25, -0.2) is 0 Å². The van der Waals surface area contributed by atoms with Crippen LogP contribution < -0.4 is 10.6 Å². The first kappa shape index (κ1) is 20.4. The van der Waals surface area contributed by atoms with Crippen LogP contribution in [-0.4, -0.2) is 33.8 Å². The quantitative estimate of drug-likeness (QED) is 0.664. The van der Waals surface area contributed by atoms with E-state index in [0.29, 0.717) is 5.02 Å². The molecule has 1 aromatic carbocycles. The summed E-state index contributed by atoms with van der Waals surface area (Å²) in [6.07, 6.45) is 9.62. The van der Waals surface area contributed by atoms with E-state index < -0.39 is 5.41 Å². The van der Waals surface area contributed by atoms with Gasteiger partial charge in [0.15, 0.2) is 0 Å². The van der Waals surface area contributed by atoms with Crippen molar-refractivity contribution in [2.75, 3.05) is 18.0 Å². The van der Waals surface area contributed by atoms with Crippen molar-refractivity contribution in [3.05, 3.63) is 54.1 Å². The monoisotopic (exact) mass is 423 g/mol. The van der Waals surface area contributed by atoms with Crippen LogP contribution in [0.5, 0.6) is 0 Å². The molecule has 0 bridgehead atoms. The van der Waals surface area contributed by atoms with Crippen LogP contribution in [0.25, 0.3) is 22.3 Å². The average molecular weight is 424 g/mol. The number of hydrogen-bond acceptors (Lipinski definition) is 4. The van der Waals surface area contributed by atoms with E-state index in [1.165, 1.54) is 0 Å². The number of aryl methyl sites for hydroxylation is 1. The number of carbonyl (C=O) groups is 1. The third-order valence-electron chi connectivity index (χ3n) is 6.34. The Hall–Kier alpha value is -2.86. The smallest absolute Gasteiger partial charge is 0.223 e. The zero-order valence-electron chi connectivity index (χ0n) is 17.3. The highest BCUT2D eigenvalue weighted by Crippen LogP contribution is 2.42. The van der Waals surface area contributed by atoms with Crippen molar-refractivity contribution in [2.24, 2.45) is 18.2 Å². The van der Waals surface area contributed by atoms with Crippen LogP contribution in [0.4, 0.5) is 5.69 Å². The predicted molar refractivity (Wildman–Crippen MR) is 120 cm³/mol. The summed E-state index contributed by atoms with van der Waals surface area (Å²) in [7, 11) is 1.91. The maximum absolute atomic E-state index is 12.0. The molecule has 1 fully saturated rings. The van der Waals surface area contributed by atoms with Gasteiger partial charge in [-0.1, -0.05) is 42.8 Å². The number of pyridine rings is 1. The van der Waals surface area contributed by atoms with E-state index in [-0.39, 0.29) is 5.91 Å². The van der Waals surface area contributed by atoms with Crippen LogP contribution in [0, 0.1) is 5.41 Å². The molecule has 30 heavy (non-hydrogen) atoms. The molecule has 0 unspecified atom stereocenters. The van der Waals surface area contributed by atoms with Crippen molar-refractivity contribution in [3.63, 3.8) is 0 Å². The summed E-state index contributed by atoms with van der Waals surface area (Å²) in [5.41, 5.74) is 10.5. The summed E-state index contributed by atoms with van der Waals surface area (Å²) in [5.74, 6) is -0.198. The molecule has 0 spiro atoms. The Bertz CT molecular complexity index is 1050. The lowest BCUT2D eigenvalue weighted by Crippen LogP contribution is -2.47. The molecule has 4 rings (SSSR count). The van der Waals surface area contributed by atoms with E-state index in [2.05, 4.69) is 39.2 Å². The summed E-state index contributed by atoms with van der Waals surface area (Å²) < 4.78 is 1.79. The number of nitrogens with two attached hydrogens (primary N) is 1. The number of piperidine rings is 1. The first-order chi connectivity index (χ1) is 14.4. The molecule has 1 saturated heterocycles. The maximum Gasteiger partial charge on any atom is 0.223 e. The van der Waals surface area contributed by atoms with E-state index in [4.69, 9.17) is 17.3 Å². The van der Waals surface area contributed by atoms with Gasteiger partial charge < -0.3 is 10.6 Å². The number of aromatic nitrogens is 3. The topological polar surface area (TPSA) is 77.0 Å². The molecule has 1 amide bonds. The van der Waals surface area contributed by atoms with E-state index in [1.54, 1.807) is 10.9 Å². The zero-order valence-corrected chi connectivity index (χ0v) is 18.1. The summed E-state index contributed by atoms with van der Waals surface area (Å²) in [6, 6.07) is 8.34. The fourth-order valence-corrected chi connectivity index (χ4v) is 4.58. The van der Waals surface area contributed by atoms with Crippen molar-refractivity contribution in [1.29, 1.82) is 0 Å². The Morgan fingerprint density at radius 1 is 1.10 bits per heavy atom. The van der Waals surface area contributed by atoms with Crippen LogP contribution in [0.3, 0.4) is 0 Å². The van der Waals surface area contributed by atoms with Gasteiger partial charge in [-0.2, -0.15) is 5.10 Å². The third-order valence-corrected chi connectivity index (χ3v) is 6.62. The van der Waals surface area contributed by atoms with E-state index in [0.717, 1.165) is 60.3 Å². The molecule has 1 aliphatic heterocycles. The van der Waals surface area contributed by atoms with Crippen molar-refractivity contribution >= 4 is 23.2 Å². The lowest BCUT2D eigenvalue weighted by molar-refractivity contribution is -0.129. The Kier molecular flexibility index (Phi) is 5.52. The number of benzene rings is 1. The van der Waals surface area contributed by atoms with Gasteiger partial charge in [-0.15, -0.1) is 0 Å². The lowest BCUT2D eigenvalue weighted by atomic mass is 9.75. The first-order valence-electron chi connectivity index (χ1n) is 10.2. The van der Waals surface area contributed by atoms with Crippen LogP contribution in [0.15, 0.2) is 49.1 Å². The van der Waals surface area contributed by atoms with Crippen LogP contribution >= 0.6 is 11.6 Å². The number of anilines is 1. The van der Waals surface area contributed by atoms with Gasteiger partial charge in [-0.3, -0.25) is 14.5 Å². The third kappa shape index (κ3) is 3.67. The average Bonchev–Trinajstić information content (AvgIpc) is 3.20. The highest BCUT2D eigenvalue weighted by Gasteiger charge is 2.39. The van der Waals surface area contributed by atoms with Crippen molar-refractivity contribution in [2.45, 2.75) is 26.2 Å². The summed E-state index contributed by atoms with van der Waals surface area (Å²) in [6.45, 7) is 3.51. The first-order valence-corrected chi connectivity index (χ1v) is 10.6. The fraction of sp³-hybridized carbons (Fsp3) is 0.348. The molecular weight excluding hydrogens is 398 g/mol. The standard InChI is InChI=1S/C23H26ClN5O/c1-3-23(22(25)30)8-10-29(11-9-23)21-19(13-26-14-20(21)24)17-6-4-16(5-7-17)18-12-27-28(2)15-18/h4-7,12-15H,3,8-11H2,1-2H3,(H2,25,30). The lowest BCUT2D eigenvalue weighted by Gasteiger charge is -2.41. The largest absolute Gasteiger partial charge is 0.370 e. The van der Waals surface area contributed by atoms with Crippen molar-refractivity contribution in [3.8, 4) is 22.3 Å². The molecule has 0 saturated carbocycles. The van der Waals surface area contributed by atoms with Crippen LogP contribution in [0.2, 0.25) is 5.02 Å². The Morgan fingerprint density at radius 3 is 2.33 bits per heavy atom. The van der Waals surface area contributed by atoms with Gasteiger partial charge in [0.25, 0.3) is 0 Å². The zero-order chi connectivity index (χ0) is 21.3. The second-order valence-corrected chi connectivity index (χ2v) is 8.39. The Labute approximate surface area is 181 Å². The minimum Gasteiger partial charge on any atom is -0.370 e. The maximum atomic E-state index is 12.0. The number of nitrogens with zero attached hydrogens (tertiary/aromatic N) is 4. The van der Waals surface area contributed by atoms with E-state index >= 15 is 0 Å². The number of halogens is 1. The summed E-state index contributed by atoms with van der Waals surface area (Å²) >= 11 is 6.60. The van der Waals surface area contributed by atoms with Gasteiger partial charge in [-0.05, 0) is 30.4 Å². The normalized spacial score (nSPS) is 15.9. The number of amides is 1. The summed E-state index contributed by atoms with van der Waals surface area (Å²) in [5, 5.41) is 4.86. The molecule has 1 aliphatic rings. The Balaban J connectivity index is 1.64. The fourth-order valence-electron chi connectivity index (χ4n) is 4.31. The minimum atomic E-state index is -0.415. The van der Waals surface area contributed by atoms with Gasteiger partial charge >= 0.3 is 0 Å². The SMILES string of the molecule is CCC1(C(N)=O)CCN(c2c(Cl)cncc2-c2ccc(-c3cnn(C)c3)cc2)CC1. The molecule has 7 heteroatoms. The second kappa shape index (κ2) is 8.11. The molecule has 3 aromatic rings. The van der Waals surface area contributed by atoms with Gasteiger partial charge in [0.2, 0.25) is 5.91 Å². The molecule has 156 valence electrons. The minimum absolute atomic E-state index is 0.198. The van der Waals surface area contributed by atoms with Crippen molar-refractivity contribution in [1.82, 2.24) is 14.8 Å². The molecule has 6 nitrogen and oxygen atoms in total. The van der Waals surface area contributed by atoms with Crippen molar-refractivity contribution < 1.29 is 4.79 Å². The van der Waals surface area contributed by atoms with Gasteiger partial charge in [0.05, 0.1) is 22.3 Å². The van der Waals surface area contributed by atoms with Crippen LogP contribution in [-0.2, 0) is 11.8 Å². The Morgan fingerprint density at radius 2 is 1.77 bits per heavy atom. The number of carbonyl (C=O) groups excluding carboxylic acids is 1. The highest BCUT2D eigenvalue weighted by atomic mass is 35.5. The molecule has 0 atom stereocenters. The molecule has 0 radical (unpaired) electrons. The predicted octanol–water partition coefficient (Wildman–Crippen LogP) is 4.28. The van der Waals surface area contributed by atoms with Crippen LogP contribution in [0.1, 0.15) is 26.2 Å².